The number of rotatable bonds is 11. The largest absolute Gasteiger partial charge is 0.390 e. The lowest BCUT2D eigenvalue weighted by atomic mass is 9.91. The Morgan fingerprint density at radius 1 is 1.07 bits per heavy atom. The Hall–Kier alpha value is -1.75. The van der Waals surface area contributed by atoms with Crippen molar-refractivity contribution in [1.82, 2.24) is 20.4 Å². The molecule has 3 amide bonds. The van der Waals surface area contributed by atoms with E-state index in [1.165, 1.54) is 49.4 Å². The van der Waals surface area contributed by atoms with Gasteiger partial charge in [-0.3, -0.25) is 19.3 Å². The second-order valence-corrected chi connectivity index (χ2v) is 15.6. The molecule has 0 radical (unpaired) electrons. The van der Waals surface area contributed by atoms with E-state index in [-0.39, 0.29) is 35.4 Å². The first kappa shape index (κ1) is 31.7. The minimum Gasteiger partial charge on any atom is -0.390 e. The highest BCUT2D eigenvalue weighted by molar-refractivity contribution is 8.00. The van der Waals surface area contributed by atoms with E-state index in [1.807, 2.05) is 17.8 Å². The third kappa shape index (κ3) is 8.24. The number of carbonyl (C=O) groups is 3. The summed E-state index contributed by atoms with van der Waals surface area (Å²) < 4.78 is 0. The third-order valence-corrected chi connectivity index (χ3v) is 11.8. The summed E-state index contributed by atoms with van der Waals surface area (Å²) in [5, 5.41) is 16.7. The molecule has 10 heteroatoms. The molecule has 232 valence electrons. The molecule has 2 aliphatic heterocycles. The predicted octanol–water partition coefficient (Wildman–Crippen LogP) is 3.77. The predicted molar refractivity (Wildman–Crippen MR) is 170 cm³/mol. The van der Waals surface area contributed by atoms with Crippen LogP contribution in [0.2, 0.25) is 0 Å². The van der Waals surface area contributed by atoms with E-state index in [2.05, 4.69) is 39.8 Å². The number of aliphatic hydroxyl groups is 1. The fourth-order valence-electron chi connectivity index (χ4n) is 6.54. The number of piperidine rings is 1. The van der Waals surface area contributed by atoms with E-state index < -0.39 is 17.2 Å². The molecule has 0 aromatic heterocycles. The molecular weight excluding hydrogens is 569 g/mol. The van der Waals surface area contributed by atoms with Crippen LogP contribution in [0.5, 0.6) is 0 Å². The highest BCUT2D eigenvalue weighted by Crippen LogP contribution is 2.48. The van der Waals surface area contributed by atoms with Gasteiger partial charge in [0.15, 0.2) is 0 Å². The summed E-state index contributed by atoms with van der Waals surface area (Å²) in [6.45, 7) is 5.98. The summed E-state index contributed by atoms with van der Waals surface area (Å²) in [6, 6.07) is 9.95. The van der Waals surface area contributed by atoms with E-state index in [0.29, 0.717) is 24.0 Å². The van der Waals surface area contributed by atoms with Crippen LogP contribution in [0.1, 0.15) is 77.2 Å². The van der Waals surface area contributed by atoms with Crippen LogP contribution in [-0.4, -0.2) is 91.6 Å². The van der Waals surface area contributed by atoms with Crippen LogP contribution in [-0.2, 0) is 20.9 Å². The number of likely N-dealkylation sites (tertiary alicyclic amines) is 1. The van der Waals surface area contributed by atoms with Crippen molar-refractivity contribution in [3.63, 3.8) is 0 Å². The molecule has 2 heterocycles. The molecule has 8 nitrogen and oxygen atoms in total. The van der Waals surface area contributed by atoms with Crippen molar-refractivity contribution in [1.29, 1.82) is 0 Å². The van der Waals surface area contributed by atoms with Crippen LogP contribution in [0.4, 0.5) is 0 Å². The van der Waals surface area contributed by atoms with Crippen LogP contribution in [0.15, 0.2) is 30.3 Å². The molecule has 2 aliphatic carbocycles. The van der Waals surface area contributed by atoms with Crippen molar-refractivity contribution >= 4 is 41.2 Å². The molecule has 4 fully saturated rings. The molecular formula is C32H48N4O4S2. The highest BCUT2D eigenvalue weighted by Gasteiger charge is 2.62. The quantitative estimate of drug-likeness (QED) is 0.348. The van der Waals surface area contributed by atoms with Crippen molar-refractivity contribution in [3.05, 3.63) is 35.9 Å². The van der Waals surface area contributed by atoms with Gasteiger partial charge in [-0.25, -0.2) is 0 Å². The number of hydrogen-bond donors (Lipinski definition) is 3. The van der Waals surface area contributed by atoms with Crippen LogP contribution in [0.25, 0.3) is 0 Å². The Kier molecular flexibility index (Phi) is 10.5. The summed E-state index contributed by atoms with van der Waals surface area (Å²) >= 11 is 3.38. The molecule has 3 N–H and O–H groups in total. The van der Waals surface area contributed by atoms with E-state index in [0.717, 1.165) is 38.2 Å². The van der Waals surface area contributed by atoms with Crippen LogP contribution < -0.4 is 10.6 Å². The number of amides is 3. The second kappa shape index (κ2) is 13.9. The molecule has 42 heavy (non-hydrogen) atoms. The average Bonchev–Trinajstić information content (AvgIpc) is 3.42. The van der Waals surface area contributed by atoms with Crippen molar-refractivity contribution in [2.45, 2.75) is 107 Å². The number of nitrogens with one attached hydrogen (secondary N) is 2. The normalized spacial score (nSPS) is 27.5. The lowest BCUT2D eigenvalue weighted by Gasteiger charge is -2.34. The fourth-order valence-corrected chi connectivity index (χ4v) is 9.39. The molecule has 1 aromatic rings. The fraction of sp³-hybridized carbons (Fsp3) is 0.719. The van der Waals surface area contributed by atoms with Gasteiger partial charge in [0.25, 0.3) is 0 Å². The summed E-state index contributed by atoms with van der Waals surface area (Å²) in [4.78, 5) is 44.5. The number of carbonyl (C=O) groups excluding carboxylic acids is 3. The Balaban J connectivity index is 1.20. The van der Waals surface area contributed by atoms with Gasteiger partial charge in [-0.1, -0.05) is 49.6 Å². The lowest BCUT2D eigenvalue weighted by Crippen LogP contribution is -2.58. The molecule has 1 aromatic carbocycles. The van der Waals surface area contributed by atoms with Crippen LogP contribution in [0.3, 0.4) is 0 Å². The van der Waals surface area contributed by atoms with Gasteiger partial charge in [0.1, 0.15) is 11.6 Å². The first-order valence-corrected chi connectivity index (χ1v) is 17.9. The summed E-state index contributed by atoms with van der Waals surface area (Å²) in [6.07, 6.45) is 8.78. The monoisotopic (exact) mass is 616 g/mol. The van der Waals surface area contributed by atoms with Crippen LogP contribution in [0, 0.1) is 5.92 Å². The van der Waals surface area contributed by atoms with E-state index in [9.17, 15) is 19.5 Å². The van der Waals surface area contributed by atoms with Crippen molar-refractivity contribution in [2.24, 2.45) is 5.92 Å². The minimum atomic E-state index is -1.14. The van der Waals surface area contributed by atoms with Crippen molar-refractivity contribution in [3.8, 4) is 0 Å². The van der Waals surface area contributed by atoms with Gasteiger partial charge in [0.2, 0.25) is 17.7 Å². The maximum absolute atomic E-state index is 13.9. The van der Waals surface area contributed by atoms with Crippen molar-refractivity contribution < 1.29 is 19.5 Å². The second-order valence-electron chi connectivity index (χ2n) is 13.4. The van der Waals surface area contributed by atoms with Gasteiger partial charge >= 0.3 is 0 Å². The molecule has 0 spiro atoms. The topological polar surface area (TPSA) is 102 Å². The smallest absolute Gasteiger partial charge is 0.247 e. The molecule has 2 unspecified atom stereocenters. The zero-order valence-electron chi connectivity index (χ0n) is 25.2. The summed E-state index contributed by atoms with van der Waals surface area (Å²) in [5.74, 6) is 2.09. The van der Waals surface area contributed by atoms with Gasteiger partial charge in [-0.2, -0.15) is 11.8 Å². The van der Waals surface area contributed by atoms with Gasteiger partial charge in [-0.05, 0) is 63.2 Å². The minimum absolute atomic E-state index is 0.0359. The van der Waals surface area contributed by atoms with E-state index in [4.69, 9.17) is 0 Å². The average molecular weight is 617 g/mol. The lowest BCUT2D eigenvalue weighted by molar-refractivity contribution is -0.142. The van der Waals surface area contributed by atoms with Crippen LogP contribution >= 0.6 is 23.5 Å². The molecule has 2 saturated heterocycles. The summed E-state index contributed by atoms with van der Waals surface area (Å²) in [7, 11) is 0. The Morgan fingerprint density at radius 3 is 2.48 bits per heavy atom. The van der Waals surface area contributed by atoms with Gasteiger partial charge in [-0.15, -0.1) is 11.8 Å². The molecule has 2 saturated carbocycles. The maximum Gasteiger partial charge on any atom is 0.247 e. The zero-order chi connectivity index (χ0) is 29.7. The SMILES string of the molecule is CC(C)(O)CC(=O)N1CSC[C@H]1C(=O)NC1(C(=O)NC2CCN(Cc3ccccc3)CC2)CC1SCC1CCCCC1. The molecule has 4 aliphatic rings. The number of hydrogen-bond acceptors (Lipinski definition) is 7. The Labute approximate surface area is 259 Å². The van der Waals surface area contributed by atoms with Gasteiger partial charge in [0.05, 0.1) is 17.9 Å². The van der Waals surface area contributed by atoms with Crippen molar-refractivity contribution in [2.75, 3.05) is 30.5 Å². The zero-order valence-corrected chi connectivity index (χ0v) is 26.8. The molecule has 3 atom stereocenters. The maximum atomic E-state index is 13.9. The molecule has 5 rings (SSSR count). The van der Waals surface area contributed by atoms with E-state index in [1.54, 1.807) is 18.7 Å². The van der Waals surface area contributed by atoms with Gasteiger partial charge < -0.3 is 20.6 Å². The van der Waals surface area contributed by atoms with E-state index >= 15 is 0 Å². The number of benzene rings is 1. The highest BCUT2D eigenvalue weighted by atomic mass is 32.2. The Bertz CT molecular complexity index is 1090. The third-order valence-electron chi connectivity index (χ3n) is 9.17. The van der Waals surface area contributed by atoms with Gasteiger partial charge in [0, 0.05) is 36.7 Å². The number of nitrogens with zero attached hydrogens (tertiary/aromatic N) is 2. The standard InChI is InChI=1S/C32H48N4O4S2/c1-31(2,40)18-28(37)36-22-41-21-26(36)29(38)34-32(17-27(32)42-20-24-11-7-4-8-12-24)30(39)33-25-13-15-35(16-14-25)19-23-9-5-3-6-10-23/h3,5-6,9-10,24-27,40H,4,7-8,11-22H2,1-2H3,(H,33,39)(H,34,38)/t26-,27?,32?/m0/s1. The first-order valence-electron chi connectivity index (χ1n) is 15.7. The number of thioether (sulfide) groups is 2. The Morgan fingerprint density at radius 2 is 1.79 bits per heavy atom. The molecule has 0 bridgehead atoms. The first-order chi connectivity index (χ1) is 20.1. The summed E-state index contributed by atoms with van der Waals surface area (Å²) in [5.41, 5.74) is -0.756.